The lowest BCUT2D eigenvalue weighted by Gasteiger charge is -2.11. The van der Waals surface area contributed by atoms with E-state index in [9.17, 15) is 14.5 Å². The molecule has 0 aliphatic heterocycles. The van der Waals surface area contributed by atoms with Gasteiger partial charge in [-0.1, -0.05) is 6.08 Å². The number of nitrogens with one attached hydrogen (secondary N) is 1. The summed E-state index contributed by atoms with van der Waals surface area (Å²) in [7, 11) is -4.29. The molecule has 6 N–H and O–H groups in total. The average Bonchev–Trinajstić information content (AvgIpc) is 2.76. The molecule has 0 saturated heterocycles. The minimum absolute atomic E-state index is 0.0689. The quantitative estimate of drug-likeness (QED) is 0.438. The monoisotopic (exact) mass is 315 g/mol. The van der Waals surface area contributed by atoms with E-state index >= 15 is 0 Å². The zero-order chi connectivity index (χ0) is 15.6. The van der Waals surface area contributed by atoms with Crippen molar-refractivity contribution in [2.75, 3.05) is 12.3 Å². The third-order valence-electron chi connectivity index (χ3n) is 2.71. The average molecular weight is 315 g/mol. The van der Waals surface area contributed by atoms with Crippen molar-refractivity contribution in [1.29, 1.82) is 0 Å². The molecule has 0 bridgehead atoms. The van der Waals surface area contributed by atoms with E-state index in [1.54, 1.807) is 0 Å². The Kier molecular flexibility index (Phi) is 4.24. The SMILES string of the molecule is Nc1nc2c(ncn2CC(/C=C/P(=O)(O)O)CO)c(=O)[nH]1. The fourth-order valence-corrected chi connectivity index (χ4v) is 2.24. The molecule has 0 saturated carbocycles. The first kappa shape index (κ1) is 15.4. The number of rotatable bonds is 5. The highest BCUT2D eigenvalue weighted by Crippen LogP contribution is 2.36. The highest BCUT2D eigenvalue weighted by molar-refractivity contribution is 7.55. The van der Waals surface area contributed by atoms with E-state index in [2.05, 4.69) is 15.0 Å². The van der Waals surface area contributed by atoms with Gasteiger partial charge in [-0.15, -0.1) is 0 Å². The lowest BCUT2D eigenvalue weighted by atomic mass is 10.1. The molecular formula is C10H14N5O5P. The molecule has 11 heteroatoms. The number of aliphatic hydroxyl groups is 1. The number of nitrogens with two attached hydrogens (primary N) is 1. The van der Waals surface area contributed by atoms with Crippen LogP contribution in [0.15, 0.2) is 23.0 Å². The summed E-state index contributed by atoms with van der Waals surface area (Å²) in [6, 6.07) is 0. The summed E-state index contributed by atoms with van der Waals surface area (Å²) in [4.78, 5) is 39.3. The fraction of sp³-hybridized carbons (Fsp3) is 0.300. The summed E-state index contributed by atoms with van der Waals surface area (Å²) in [5.41, 5.74) is 5.31. The van der Waals surface area contributed by atoms with Crippen LogP contribution in [-0.2, 0) is 11.1 Å². The Labute approximate surface area is 118 Å². The predicted molar refractivity (Wildman–Crippen MR) is 74.3 cm³/mol. The van der Waals surface area contributed by atoms with E-state index in [1.807, 2.05) is 0 Å². The van der Waals surface area contributed by atoms with Crippen molar-refractivity contribution < 1.29 is 19.5 Å². The van der Waals surface area contributed by atoms with Crippen molar-refractivity contribution in [2.24, 2.45) is 5.92 Å². The molecule has 1 unspecified atom stereocenters. The number of hydrogen-bond acceptors (Lipinski definition) is 6. The Balaban J connectivity index is 2.32. The summed E-state index contributed by atoms with van der Waals surface area (Å²) < 4.78 is 12.3. The number of fused-ring (bicyclic) bond motifs is 1. The van der Waals surface area contributed by atoms with Crippen LogP contribution in [0.25, 0.3) is 11.2 Å². The number of imidazole rings is 1. The van der Waals surface area contributed by atoms with Gasteiger partial charge in [0.2, 0.25) is 5.95 Å². The van der Waals surface area contributed by atoms with Gasteiger partial charge in [0.15, 0.2) is 11.2 Å². The maximum Gasteiger partial charge on any atom is 0.348 e. The number of nitrogens with zero attached hydrogens (tertiary/aromatic N) is 3. The number of aromatic amines is 1. The van der Waals surface area contributed by atoms with Gasteiger partial charge < -0.3 is 25.2 Å². The van der Waals surface area contributed by atoms with Crippen LogP contribution in [0.1, 0.15) is 0 Å². The van der Waals surface area contributed by atoms with Crippen molar-refractivity contribution in [3.8, 4) is 0 Å². The van der Waals surface area contributed by atoms with E-state index in [-0.39, 0.29) is 30.3 Å². The number of nitrogen functional groups attached to an aromatic ring is 1. The van der Waals surface area contributed by atoms with E-state index < -0.39 is 19.1 Å². The van der Waals surface area contributed by atoms with Gasteiger partial charge in [-0.25, -0.2) is 4.98 Å². The molecule has 0 spiro atoms. The summed E-state index contributed by atoms with van der Waals surface area (Å²) in [5.74, 6) is 0.0830. The Bertz CT molecular complexity index is 776. The van der Waals surface area contributed by atoms with Gasteiger partial charge in [0.25, 0.3) is 5.56 Å². The third-order valence-corrected chi connectivity index (χ3v) is 3.27. The highest BCUT2D eigenvalue weighted by atomic mass is 31.2. The first-order chi connectivity index (χ1) is 9.80. The normalized spacial score (nSPS) is 14.0. The molecule has 0 amide bonds. The molecule has 2 aromatic heterocycles. The molecule has 0 aromatic carbocycles. The smallest absolute Gasteiger partial charge is 0.348 e. The van der Waals surface area contributed by atoms with Crippen LogP contribution in [0.5, 0.6) is 0 Å². The Morgan fingerprint density at radius 3 is 2.86 bits per heavy atom. The van der Waals surface area contributed by atoms with Crippen LogP contribution in [0.4, 0.5) is 5.95 Å². The third kappa shape index (κ3) is 3.76. The van der Waals surface area contributed by atoms with E-state index in [0.29, 0.717) is 0 Å². The number of H-pyrrole nitrogens is 1. The van der Waals surface area contributed by atoms with E-state index in [1.165, 1.54) is 17.0 Å². The van der Waals surface area contributed by atoms with Crippen LogP contribution in [0, 0.1) is 5.92 Å². The fourth-order valence-electron chi connectivity index (χ4n) is 1.77. The molecule has 2 heterocycles. The molecule has 21 heavy (non-hydrogen) atoms. The van der Waals surface area contributed by atoms with Gasteiger partial charge in [0.05, 0.1) is 12.9 Å². The second-order valence-corrected chi connectivity index (χ2v) is 5.87. The maximum atomic E-state index is 11.6. The first-order valence-corrected chi connectivity index (χ1v) is 7.54. The lowest BCUT2D eigenvalue weighted by Crippen LogP contribution is -2.15. The van der Waals surface area contributed by atoms with Gasteiger partial charge in [-0.05, 0) is 0 Å². The first-order valence-electron chi connectivity index (χ1n) is 5.86. The standard InChI is InChI=1S/C10H14N5O5P/c11-10-13-8-7(9(17)14-10)12-5-15(8)3-6(4-16)1-2-21(18,19)20/h1-2,5-6,16H,3-4H2,(H2,18,19,20)(H3,11,13,14,17)/b2-1+. The molecule has 2 rings (SSSR count). The van der Waals surface area contributed by atoms with Crippen molar-refractivity contribution in [3.05, 3.63) is 28.6 Å². The zero-order valence-corrected chi connectivity index (χ0v) is 11.6. The largest absolute Gasteiger partial charge is 0.396 e. The molecule has 1 atom stereocenters. The van der Waals surface area contributed by atoms with Crippen LogP contribution >= 0.6 is 7.60 Å². The van der Waals surface area contributed by atoms with Crippen LogP contribution in [-0.4, -0.2) is 41.0 Å². The number of aromatic nitrogens is 4. The topological polar surface area (TPSA) is 167 Å². The van der Waals surface area contributed by atoms with Crippen molar-refractivity contribution in [2.45, 2.75) is 6.54 Å². The van der Waals surface area contributed by atoms with Crippen LogP contribution < -0.4 is 11.3 Å². The minimum atomic E-state index is -4.29. The maximum absolute atomic E-state index is 11.6. The van der Waals surface area contributed by atoms with Gasteiger partial charge in [-0.2, -0.15) is 4.98 Å². The van der Waals surface area contributed by atoms with Crippen molar-refractivity contribution in [1.82, 2.24) is 19.5 Å². The molecule has 0 aliphatic carbocycles. The Hall–Kier alpha value is -2.00. The minimum Gasteiger partial charge on any atom is -0.396 e. The summed E-state index contributed by atoms with van der Waals surface area (Å²) in [6.45, 7) is -0.200. The van der Waals surface area contributed by atoms with Crippen LogP contribution in [0.3, 0.4) is 0 Å². The van der Waals surface area contributed by atoms with Gasteiger partial charge in [-0.3, -0.25) is 14.3 Å². The summed E-state index contributed by atoms with van der Waals surface area (Å²) >= 11 is 0. The summed E-state index contributed by atoms with van der Waals surface area (Å²) in [6.07, 6.45) is 2.56. The van der Waals surface area contributed by atoms with E-state index in [0.717, 1.165) is 5.82 Å². The molecule has 10 nitrogen and oxygen atoms in total. The van der Waals surface area contributed by atoms with Crippen molar-refractivity contribution >= 4 is 24.7 Å². The Morgan fingerprint density at radius 2 is 2.24 bits per heavy atom. The van der Waals surface area contributed by atoms with E-state index in [4.69, 9.17) is 15.5 Å². The molecular weight excluding hydrogens is 301 g/mol. The lowest BCUT2D eigenvalue weighted by molar-refractivity contribution is 0.240. The van der Waals surface area contributed by atoms with Gasteiger partial charge >= 0.3 is 7.60 Å². The number of hydrogen-bond donors (Lipinski definition) is 5. The van der Waals surface area contributed by atoms with Crippen LogP contribution in [0.2, 0.25) is 0 Å². The molecule has 2 aromatic rings. The second-order valence-electron chi connectivity index (χ2n) is 4.39. The second kappa shape index (κ2) is 5.78. The van der Waals surface area contributed by atoms with Gasteiger partial charge in [0.1, 0.15) is 0 Å². The zero-order valence-electron chi connectivity index (χ0n) is 10.7. The Morgan fingerprint density at radius 1 is 1.52 bits per heavy atom. The number of aliphatic hydroxyl groups excluding tert-OH is 1. The number of anilines is 1. The molecule has 0 fully saturated rings. The molecule has 114 valence electrons. The molecule has 0 radical (unpaired) electrons. The van der Waals surface area contributed by atoms with Crippen molar-refractivity contribution in [3.63, 3.8) is 0 Å². The molecule has 0 aliphatic rings. The van der Waals surface area contributed by atoms with Gasteiger partial charge in [0, 0.05) is 18.3 Å². The summed E-state index contributed by atoms with van der Waals surface area (Å²) in [5, 5.41) is 9.25. The highest BCUT2D eigenvalue weighted by Gasteiger charge is 2.14. The predicted octanol–water partition coefficient (Wildman–Crippen LogP) is -0.998.